The number of halogens is 1. The molecule has 0 atom stereocenters. The third kappa shape index (κ3) is 2.02. The first-order chi connectivity index (χ1) is 9.58. The van der Waals surface area contributed by atoms with Crippen LogP contribution in [0.3, 0.4) is 0 Å². The molecule has 3 N–H and O–H groups in total. The number of rotatable bonds is 2. The number of hydrogen-bond donors (Lipinski definition) is 2. The standard InChI is InChI=1S/C16H13BrN2O/c1-9-15(11-4-2-3-5-14(11)19-9)16(20)10-6-7-12(17)13(18)8-10/h2-8,19H,18H2,1H3. The average molecular weight is 329 g/mol. The molecule has 1 aromatic heterocycles. The molecule has 4 heteroatoms. The highest BCUT2D eigenvalue weighted by atomic mass is 79.9. The van der Waals surface area contributed by atoms with Crippen LogP contribution in [0.2, 0.25) is 0 Å². The smallest absolute Gasteiger partial charge is 0.195 e. The number of aromatic nitrogens is 1. The van der Waals surface area contributed by atoms with Crippen LogP contribution in [0, 0.1) is 6.92 Å². The normalized spacial score (nSPS) is 10.9. The van der Waals surface area contributed by atoms with Crippen molar-refractivity contribution < 1.29 is 4.79 Å². The minimum Gasteiger partial charge on any atom is -0.398 e. The van der Waals surface area contributed by atoms with Gasteiger partial charge in [0.25, 0.3) is 0 Å². The van der Waals surface area contributed by atoms with E-state index in [4.69, 9.17) is 5.73 Å². The number of ketones is 1. The fourth-order valence-corrected chi connectivity index (χ4v) is 2.65. The summed E-state index contributed by atoms with van der Waals surface area (Å²) in [7, 11) is 0. The van der Waals surface area contributed by atoms with E-state index in [2.05, 4.69) is 20.9 Å². The van der Waals surface area contributed by atoms with E-state index in [1.807, 2.05) is 31.2 Å². The van der Waals surface area contributed by atoms with Gasteiger partial charge >= 0.3 is 0 Å². The van der Waals surface area contributed by atoms with Gasteiger partial charge in [-0.05, 0) is 47.1 Å². The highest BCUT2D eigenvalue weighted by Crippen LogP contribution is 2.27. The highest BCUT2D eigenvalue weighted by Gasteiger charge is 2.17. The van der Waals surface area contributed by atoms with Crippen LogP contribution in [-0.2, 0) is 0 Å². The average Bonchev–Trinajstić information content (AvgIpc) is 2.77. The Morgan fingerprint density at radius 3 is 2.70 bits per heavy atom. The van der Waals surface area contributed by atoms with Gasteiger partial charge in [0.2, 0.25) is 0 Å². The Labute approximate surface area is 124 Å². The molecule has 20 heavy (non-hydrogen) atoms. The summed E-state index contributed by atoms with van der Waals surface area (Å²) in [5, 5.41) is 0.941. The molecule has 3 aromatic rings. The van der Waals surface area contributed by atoms with Crippen molar-refractivity contribution in [3.05, 3.63) is 63.8 Å². The Bertz CT molecular complexity index is 820. The number of anilines is 1. The molecule has 0 saturated carbocycles. The number of hydrogen-bond acceptors (Lipinski definition) is 2. The van der Waals surface area contributed by atoms with E-state index in [1.165, 1.54) is 0 Å². The number of nitrogens with one attached hydrogen (secondary N) is 1. The first kappa shape index (κ1) is 12.9. The van der Waals surface area contributed by atoms with Crippen LogP contribution in [0.1, 0.15) is 21.6 Å². The minimum absolute atomic E-state index is 0.0147. The first-order valence-corrected chi connectivity index (χ1v) is 7.04. The lowest BCUT2D eigenvalue weighted by atomic mass is 10.00. The van der Waals surface area contributed by atoms with E-state index in [-0.39, 0.29) is 5.78 Å². The Hall–Kier alpha value is -2.07. The Balaban J connectivity index is 2.17. The Morgan fingerprint density at radius 2 is 1.95 bits per heavy atom. The van der Waals surface area contributed by atoms with Crippen LogP contribution >= 0.6 is 15.9 Å². The molecule has 0 aliphatic heterocycles. The van der Waals surface area contributed by atoms with Crippen LogP contribution in [0.5, 0.6) is 0 Å². The molecule has 0 saturated heterocycles. The molecular weight excluding hydrogens is 316 g/mol. The predicted octanol–water partition coefficient (Wildman–Crippen LogP) is 4.05. The highest BCUT2D eigenvalue weighted by molar-refractivity contribution is 9.10. The van der Waals surface area contributed by atoms with E-state index in [1.54, 1.807) is 18.2 Å². The fraction of sp³-hybridized carbons (Fsp3) is 0.0625. The lowest BCUT2D eigenvalue weighted by Gasteiger charge is -2.04. The third-order valence-corrected chi connectivity index (χ3v) is 4.10. The molecule has 0 amide bonds. The number of fused-ring (bicyclic) bond motifs is 1. The number of benzene rings is 2. The van der Waals surface area contributed by atoms with Gasteiger partial charge in [0.15, 0.2) is 5.78 Å². The van der Waals surface area contributed by atoms with Gasteiger partial charge in [-0.15, -0.1) is 0 Å². The maximum Gasteiger partial charge on any atom is 0.195 e. The lowest BCUT2D eigenvalue weighted by molar-refractivity contribution is 0.104. The molecule has 0 radical (unpaired) electrons. The number of nitrogen functional groups attached to an aromatic ring is 1. The quantitative estimate of drug-likeness (QED) is 0.550. The number of carbonyl (C=O) groups is 1. The van der Waals surface area contributed by atoms with Crippen molar-refractivity contribution in [2.75, 3.05) is 5.73 Å². The van der Waals surface area contributed by atoms with E-state index in [9.17, 15) is 4.79 Å². The summed E-state index contributed by atoms with van der Waals surface area (Å²) in [4.78, 5) is 16.0. The SMILES string of the molecule is Cc1[nH]c2ccccc2c1C(=O)c1ccc(Br)c(N)c1. The van der Waals surface area contributed by atoms with Gasteiger partial charge < -0.3 is 10.7 Å². The number of aryl methyl sites for hydroxylation is 1. The van der Waals surface area contributed by atoms with Gasteiger partial charge in [-0.25, -0.2) is 0 Å². The largest absolute Gasteiger partial charge is 0.398 e. The van der Waals surface area contributed by atoms with E-state index >= 15 is 0 Å². The molecule has 1 heterocycles. The van der Waals surface area contributed by atoms with Crippen molar-refractivity contribution in [1.82, 2.24) is 4.98 Å². The summed E-state index contributed by atoms with van der Waals surface area (Å²) in [5.74, 6) is -0.0147. The summed E-state index contributed by atoms with van der Waals surface area (Å²) in [6, 6.07) is 13.1. The summed E-state index contributed by atoms with van der Waals surface area (Å²) in [5.41, 5.74) is 9.57. The lowest BCUT2D eigenvalue weighted by Crippen LogP contribution is -2.03. The summed E-state index contributed by atoms with van der Waals surface area (Å²) in [6.45, 7) is 1.91. The van der Waals surface area contributed by atoms with Crippen LogP contribution in [0.15, 0.2) is 46.9 Å². The van der Waals surface area contributed by atoms with Crippen molar-refractivity contribution in [3.63, 3.8) is 0 Å². The second kappa shape index (κ2) is 4.80. The van der Waals surface area contributed by atoms with Crippen LogP contribution < -0.4 is 5.73 Å². The summed E-state index contributed by atoms with van der Waals surface area (Å²) in [6.07, 6.45) is 0. The maximum atomic E-state index is 12.7. The molecule has 0 aliphatic carbocycles. The van der Waals surface area contributed by atoms with Gasteiger partial charge in [0, 0.05) is 32.3 Å². The van der Waals surface area contributed by atoms with E-state index in [0.29, 0.717) is 16.8 Å². The fourth-order valence-electron chi connectivity index (χ4n) is 2.40. The number of H-pyrrole nitrogens is 1. The maximum absolute atomic E-state index is 12.7. The van der Waals surface area contributed by atoms with Crippen molar-refractivity contribution in [3.8, 4) is 0 Å². The van der Waals surface area contributed by atoms with Gasteiger partial charge in [0.1, 0.15) is 0 Å². The predicted molar refractivity (Wildman–Crippen MR) is 85.0 cm³/mol. The number of nitrogens with two attached hydrogens (primary N) is 1. The van der Waals surface area contributed by atoms with Crippen molar-refractivity contribution in [2.24, 2.45) is 0 Å². The van der Waals surface area contributed by atoms with Gasteiger partial charge in [-0.3, -0.25) is 4.79 Å². The zero-order valence-corrected chi connectivity index (χ0v) is 12.5. The van der Waals surface area contributed by atoms with E-state index in [0.717, 1.165) is 21.1 Å². The summed E-state index contributed by atoms with van der Waals surface area (Å²) >= 11 is 3.34. The first-order valence-electron chi connectivity index (χ1n) is 6.25. The molecule has 0 unspecified atom stereocenters. The number of para-hydroxylation sites is 1. The van der Waals surface area contributed by atoms with E-state index < -0.39 is 0 Å². The Kier molecular flexibility index (Phi) is 3.10. The molecule has 0 bridgehead atoms. The van der Waals surface area contributed by atoms with Gasteiger partial charge in [-0.2, -0.15) is 0 Å². The molecule has 2 aromatic carbocycles. The number of carbonyl (C=O) groups excluding carboxylic acids is 1. The van der Waals surface area contributed by atoms with Gasteiger partial charge in [-0.1, -0.05) is 18.2 Å². The number of aromatic amines is 1. The topological polar surface area (TPSA) is 58.9 Å². The molecule has 3 nitrogen and oxygen atoms in total. The van der Waals surface area contributed by atoms with Crippen LogP contribution in [0.4, 0.5) is 5.69 Å². The summed E-state index contributed by atoms with van der Waals surface area (Å²) < 4.78 is 0.796. The molecule has 100 valence electrons. The second-order valence-electron chi connectivity index (χ2n) is 4.74. The monoisotopic (exact) mass is 328 g/mol. The molecule has 0 aliphatic rings. The molecule has 3 rings (SSSR count). The minimum atomic E-state index is -0.0147. The van der Waals surface area contributed by atoms with Crippen LogP contribution in [0.25, 0.3) is 10.9 Å². The van der Waals surface area contributed by atoms with Crippen LogP contribution in [-0.4, -0.2) is 10.8 Å². The second-order valence-corrected chi connectivity index (χ2v) is 5.59. The van der Waals surface area contributed by atoms with Crippen molar-refractivity contribution in [2.45, 2.75) is 6.92 Å². The Morgan fingerprint density at radius 1 is 1.20 bits per heavy atom. The third-order valence-electron chi connectivity index (χ3n) is 3.38. The molecule has 0 fully saturated rings. The van der Waals surface area contributed by atoms with Gasteiger partial charge in [0.05, 0.1) is 5.56 Å². The van der Waals surface area contributed by atoms with Crippen molar-refractivity contribution in [1.29, 1.82) is 0 Å². The van der Waals surface area contributed by atoms with Crippen molar-refractivity contribution >= 4 is 38.3 Å². The molecule has 0 spiro atoms. The zero-order valence-electron chi connectivity index (χ0n) is 10.9. The zero-order chi connectivity index (χ0) is 14.3. The molecular formula is C16H13BrN2O.